The van der Waals surface area contributed by atoms with E-state index in [1.807, 2.05) is 24.3 Å². The van der Waals surface area contributed by atoms with Crippen molar-refractivity contribution in [2.45, 2.75) is 13.0 Å². The summed E-state index contributed by atoms with van der Waals surface area (Å²) in [6.07, 6.45) is 2.73. The summed E-state index contributed by atoms with van der Waals surface area (Å²) in [5.41, 5.74) is 1.17. The Morgan fingerprint density at radius 1 is 1.29 bits per heavy atom. The normalized spacial score (nSPS) is 10.2. The van der Waals surface area contributed by atoms with Gasteiger partial charge in [-0.25, -0.2) is 0 Å². The largest absolute Gasteiger partial charge is 0.493 e. The molecule has 1 rings (SSSR count). The number of methoxy groups -OCH3 is 1. The Morgan fingerprint density at radius 2 is 2.12 bits per heavy atom. The van der Waals surface area contributed by atoms with E-state index in [-0.39, 0.29) is 0 Å². The summed E-state index contributed by atoms with van der Waals surface area (Å²) in [6, 6.07) is 8.08. The molecule has 0 aliphatic rings. The van der Waals surface area contributed by atoms with Crippen molar-refractivity contribution >= 4 is 0 Å². The van der Waals surface area contributed by atoms with E-state index in [1.165, 1.54) is 5.56 Å². The number of hydrogen-bond acceptors (Lipinski definition) is 3. The maximum atomic E-state index is 5.69. The predicted octanol–water partition coefficient (Wildman–Crippen LogP) is 2.38. The van der Waals surface area contributed by atoms with Crippen LogP contribution in [-0.4, -0.2) is 26.9 Å². The van der Waals surface area contributed by atoms with Crippen molar-refractivity contribution in [2.75, 3.05) is 26.9 Å². The van der Waals surface area contributed by atoms with Crippen molar-refractivity contribution in [1.29, 1.82) is 0 Å². The minimum Gasteiger partial charge on any atom is -0.493 e. The number of benzene rings is 1. The molecule has 0 aromatic heterocycles. The molecule has 0 aliphatic heterocycles. The van der Waals surface area contributed by atoms with Gasteiger partial charge in [0.15, 0.2) is 0 Å². The Balaban J connectivity index is 2.42. The zero-order valence-electron chi connectivity index (χ0n) is 10.4. The molecule has 0 saturated heterocycles. The van der Waals surface area contributed by atoms with E-state index < -0.39 is 0 Å². The highest BCUT2D eigenvalue weighted by Crippen LogP contribution is 2.17. The van der Waals surface area contributed by atoms with Gasteiger partial charge in [-0.2, -0.15) is 0 Å². The molecule has 0 saturated carbocycles. The van der Waals surface area contributed by atoms with Crippen LogP contribution in [0.5, 0.6) is 5.75 Å². The molecule has 94 valence electrons. The first-order chi connectivity index (χ1) is 8.38. The first-order valence-electron chi connectivity index (χ1n) is 5.89. The third-order valence-electron chi connectivity index (χ3n) is 2.35. The minimum absolute atomic E-state index is 0.679. The van der Waals surface area contributed by atoms with Crippen LogP contribution in [0.15, 0.2) is 36.9 Å². The van der Waals surface area contributed by atoms with Crippen LogP contribution in [0.3, 0.4) is 0 Å². The van der Waals surface area contributed by atoms with Gasteiger partial charge in [0, 0.05) is 25.8 Å². The molecule has 0 bridgehead atoms. The van der Waals surface area contributed by atoms with Crippen molar-refractivity contribution in [3.63, 3.8) is 0 Å². The molecule has 3 heteroatoms. The zero-order chi connectivity index (χ0) is 12.3. The monoisotopic (exact) mass is 235 g/mol. The first-order valence-corrected chi connectivity index (χ1v) is 5.89. The van der Waals surface area contributed by atoms with Gasteiger partial charge in [0.25, 0.3) is 0 Å². The van der Waals surface area contributed by atoms with Crippen LogP contribution in [0.25, 0.3) is 0 Å². The number of para-hydroxylation sites is 1. The molecule has 0 radical (unpaired) electrons. The second-order valence-electron chi connectivity index (χ2n) is 3.70. The highest BCUT2D eigenvalue weighted by molar-refractivity contribution is 5.33. The van der Waals surface area contributed by atoms with Crippen LogP contribution in [0.2, 0.25) is 0 Å². The third-order valence-corrected chi connectivity index (χ3v) is 2.35. The highest BCUT2D eigenvalue weighted by atomic mass is 16.5. The van der Waals surface area contributed by atoms with Crippen LogP contribution >= 0.6 is 0 Å². The third kappa shape index (κ3) is 5.52. The van der Waals surface area contributed by atoms with E-state index in [9.17, 15) is 0 Å². The molecular formula is C14H21NO2. The Hall–Kier alpha value is -1.32. The molecule has 0 fully saturated rings. The van der Waals surface area contributed by atoms with Gasteiger partial charge in [0.1, 0.15) is 5.75 Å². The predicted molar refractivity (Wildman–Crippen MR) is 70.3 cm³/mol. The van der Waals surface area contributed by atoms with E-state index in [4.69, 9.17) is 9.47 Å². The second kappa shape index (κ2) is 8.79. The molecule has 0 amide bonds. The van der Waals surface area contributed by atoms with Crippen molar-refractivity contribution in [2.24, 2.45) is 0 Å². The van der Waals surface area contributed by atoms with E-state index in [2.05, 4.69) is 18.0 Å². The SMILES string of the molecule is C=CCCOc1ccccc1CNCCOC. The van der Waals surface area contributed by atoms with Crippen molar-refractivity contribution in [1.82, 2.24) is 5.32 Å². The molecule has 1 aromatic rings. The average Bonchev–Trinajstić information content (AvgIpc) is 2.36. The van der Waals surface area contributed by atoms with E-state index in [0.717, 1.165) is 31.9 Å². The lowest BCUT2D eigenvalue weighted by Crippen LogP contribution is -2.19. The van der Waals surface area contributed by atoms with Crippen LogP contribution in [0.4, 0.5) is 0 Å². The van der Waals surface area contributed by atoms with Gasteiger partial charge in [0.05, 0.1) is 13.2 Å². The Kier molecular flexibility index (Phi) is 7.11. The molecule has 1 N–H and O–H groups in total. The number of hydrogen-bond donors (Lipinski definition) is 1. The van der Waals surface area contributed by atoms with Crippen molar-refractivity contribution < 1.29 is 9.47 Å². The van der Waals surface area contributed by atoms with Crippen LogP contribution < -0.4 is 10.1 Å². The van der Waals surface area contributed by atoms with Gasteiger partial charge in [-0.05, 0) is 12.5 Å². The molecule has 0 unspecified atom stereocenters. The van der Waals surface area contributed by atoms with Crippen LogP contribution in [-0.2, 0) is 11.3 Å². The smallest absolute Gasteiger partial charge is 0.123 e. The molecule has 1 aromatic carbocycles. The fourth-order valence-electron chi connectivity index (χ4n) is 1.44. The maximum absolute atomic E-state index is 5.69. The number of ether oxygens (including phenoxy) is 2. The van der Waals surface area contributed by atoms with E-state index in [0.29, 0.717) is 6.61 Å². The molecular weight excluding hydrogens is 214 g/mol. The van der Waals surface area contributed by atoms with Crippen LogP contribution in [0, 0.1) is 0 Å². The molecule has 0 heterocycles. The Bertz CT molecular complexity index is 326. The van der Waals surface area contributed by atoms with Crippen molar-refractivity contribution in [3.8, 4) is 5.75 Å². The van der Waals surface area contributed by atoms with Gasteiger partial charge in [0.2, 0.25) is 0 Å². The van der Waals surface area contributed by atoms with Gasteiger partial charge in [-0.1, -0.05) is 24.3 Å². The van der Waals surface area contributed by atoms with Crippen molar-refractivity contribution in [3.05, 3.63) is 42.5 Å². The number of rotatable bonds is 9. The van der Waals surface area contributed by atoms with Gasteiger partial charge < -0.3 is 14.8 Å². The summed E-state index contributed by atoms with van der Waals surface area (Å²) in [7, 11) is 1.70. The molecule has 0 aliphatic carbocycles. The number of nitrogens with one attached hydrogen (secondary N) is 1. The lowest BCUT2D eigenvalue weighted by Gasteiger charge is -2.11. The van der Waals surface area contributed by atoms with Gasteiger partial charge in [-0.3, -0.25) is 0 Å². The van der Waals surface area contributed by atoms with E-state index >= 15 is 0 Å². The summed E-state index contributed by atoms with van der Waals surface area (Å²) in [5, 5.41) is 3.31. The lowest BCUT2D eigenvalue weighted by molar-refractivity contribution is 0.199. The van der Waals surface area contributed by atoms with Gasteiger partial charge in [-0.15, -0.1) is 6.58 Å². The maximum Gasteiger partial charge on any atom is 0.123 e. The molecule has 3 nitrogen and oxygen atoms in total. The minimum atomic E-state index is 0.679. The summed E-state index contributed by atoms with van der Waals surface area (Å²) in [6.45, 7) is 6.72. The van der Waals surface area contributed by atoms with Crippen LogP contribution in [0.1, 0.15) is 12.0 Å². The quantitative estimate of drug-likeness (QED) is 0.526. The molecule has 0 atom stereocenters. The topological polar surface area (TPSA) is 30.5 Å². The Morgan fingerprint density at radius 3 is 2.88 bits per heavy atom. The first kappa shape index (κ1) is 13.7. The fraction of sp³-hybridized carbons (Fsp3) is 0.429. The molecule has 0 spiro atoms. The lowest BCUT2D eigenvalue weighted by atomic mass is 10.2. The molecule has 17 heavy (non-hydrogen) atoms. The second-order valence-corrected chi connectivity index (χ2v) is 3.70. The standard InChI is InChI=1S/C14H21NO2/c1-3-4-10-17-14-8-6-5-7-13(14)12-15-9-11-16-2/h3,5-8,15H,1,4,9-12H2,2H3. The highest BCUT2D eigenvalue weighted by Gasteiger charge is 2.01. The summed E-state index contributed by atoms with van der Waals surface area (Å²) in [4.78, 5) is 0. The Labute approximate surface area is 103 Å². The average molecular weight is 235 g/mol. The fourth-order valence-corrected chi connectivity index (χ4v) is 1.44. The van der Waals surface area contributed by atoms with Gasteiger partial charge >= 0.3 is 0 Å². The summed E-state index contributed by atoms with van der Waals surface area (Å²) < 4.78 is 10.7. The summed E-state index contributed by atoms with van der Waals surface area (Å²) in [5.74, 6) is 0.944. The van der Waals surface area contributed by atoms with E-state index in [1.54, 1.807) is 7.11 Å². The zero-order valence-corrected chi connectivity index (χ0v) is 10.4. The summed E-state index contributed by atoms with van der Waals surface area (Å²) >= 11 is 0.